The van der Waals surface area contributed by atoms with Crippen LogP contribution in [0.15, 0.2) is 60.0 Å². The quantitative estimate of drug-likeness (QED) is 0.374. The molecule has 0 saturated carbocycles. The second-order valence-electron chi connectivity index (χ2n) is 7.01. The third kappa shape index (κ3) is 4.81. The van der Waals surface area contributed by atoms with Gasteiger partial charge in [0.25, 0.3) is 0 Å². The van der Waals surface area contributed by atoms with Crippen LogP contribution >= 0.6 is 22.9 Å². The van der Waals surface area contributed by atoms with E-state index in [2.05, 4.69) is 10.1 Å². The largest absolute Gasteiger partial charge is 0.497 e. The normalized spacial score (nSPS) is 11.6. The first-order chi connectivity index (χ1) is 14.9. The van der Waals surface area contributed by atoms with Crippen LogP contribution in [-0.2, 0) is 21.3 Å². The summed E-state index contributed by atoms with van der Waals surface area (Å²) in [7, 11) is -1.88. The summed E-state index contributed by atoms with van der Waals surface area (Å²) >= 11 is 7.91. The van der Waals surface area contributed by atoms with Gasteiger partial charge in [-0.15, -0.1) is 11.3 Å². The van der Waals surface area contributed by atoms with Crippen LogP contribution in [0.2, 0.25) is 5.15 Å². The van der Waals surface area contributed by atoms with Crippen molar-refractivity contribution in [2.45, 2.75) is 18.4 Å². The van der Waals surface area contributed by atoms with Crippen molar-refractivity contribution in [3.63, 3.8) is 0 Å². The van der Waals surface area contributed by atoms with Gasteiger partial charge in [0.15, 0.2) is 9.84 Å². The fourth-order valence-corrected chi connectivity index (χ4v) is 6.01. The molecule has 0 aliphatic rings. The molecule has 2 aromatic carbocycles. The van der Waals surface area contributed by atoms with Gasteiger partial charge in [-0.3, -0.25) is 0 Å². The molecule has 0 aliphatic carbocycles. The van der Waals surface area contributed by atoms with Gasteiger partial charge in [-0.2, -0.15) is 5.10 Å². The van der Waals surface area contributed by atoms with Crippen LogP contribution in [0.5, 0.6) is 5.75 Å². The van der Waals surface area contributed by atoms with E-state index in [0.29, 0.717) is 22.1 Å². The second-order valence-corrected chi connectivity index (χ2v) is 10.3. The lowest BCUT2D eigenvalue weighted by molar-refractivity contribution is 0.415. The number of para-hydroxylation sites is 1. The Labute approximate surface area is 190 Å². The molecule has 0 spiro atoms. The third-order valence-corrected chi connectivity index (χ3v) is 7.54. The van der Waals surface area contributed by atoms with Crippen LogP contribution < -0.4 is 4.74 Å². The highest BCUT2D eigenvalue weighted by molar-refractivity contribution is 7.89. The van der Waals surface area contributed by atoms with Gasteiger partial charge in [0.2, 0.25) is 0 Å². The molecule has 0 N–H and O–H groups in total. The number of sulfone groups is 1. The molecule has 31 heavy (non-hydrogen) atoms. The minimum absolute atomic E-state index is 0.161. The van der Waals surface area contributed by atoms with Crippen molar-refractivity contribution in [2.24, 2.45) is 0 Å². The molecule has 0 amide bonds. The topological polar surface area (TPSA) is 74.1 Å². The number of rotatable bonds is 7. The Morgan fingerprint density at radius 3 is 2.45 bits per heavy atom. The van der Waals surface area contributed by atoms with Gasteiger partial charge in [-0.1, -0.05) is 29.8 Å². The molecule has 160 valence electrons. The molecule has 6 nitrogen and oxygen atoms in total. The van der Waals surface area contributed by atoms with Crippen LogP contribution in [0.1, 0.15) is 17.0 Å². The number of nitrogens with zero attached hydrogens (tertiary/aromatic N) is 3. The number of methoxy groups -OCH3 is 1. The molecule has 2 heterocycles. The minimum atomic E-state index is -3.49. The molecule has 0 atom stereocenters. The van der Waals surface area contributed by atoms with Crippen molar-refractivity contribution < 1.29 is 13.2 Å². The summed E-state index contributed by atoms with van der Waals surface area (Å²) in [5.41, 5.74) is 3.31. The lowest BCUT2D eigenvalue weighted by atomic mass is 10.2. The van der Waals surface area contributed by atoms with Gasteiger partial charge in [0, 0.05) is 16.5 Å². The molecule has 0 saturated heterocycles. The molecule has 9 heteroatoms. The van der Waals surface area contributed by atoms with E-state index in [0.717, 1.165) is 22.0 Å². The van der Waals surface area contributed by atoms with Crippen molar-refractivity contribution in [2.75, 3.05) is 7.11 Å². The smallest absolute Gasteiger partial charge is 0.160 e. The van der Waals surface area contributed by atoms with Crippen molar-refractivity contribution in [1.29, 1.82) is 0 Å². The van der Waals surface area contributed by atoms with E-state index >= 15 is 0 Å². The van der Waals surface area contributed by atoms with Crippen molar-refractivity contribution in [3.8, 4) is 22.0 Å². The second kappa shape index (κ2) is 8.82. The maximum Gasteiger partial charge on any atom is 0.160 e. The zero-order valence-corrected chi connectivity index (χ0v) is 19.3. The number of hydrogen-bond acceptors (Lipinski definition) is 6. The van der Waals surface area contributed by atoms with Crippen LogP contribution in [0.3, 0.4) is 0 Å². The van der Waals surface area contributed by atoms with E-state index in [4.69, 9.17) is 16.3 Å². The number of thiazole rings is 1. The van der Waals surface area contributed by atoms with Crippen LogP contribution in [0.4, 0.5) is 0 Å². The SMILES string of the molecule is COc1ccc(-c2nc(CS(=O)(=O)Cc3c(C)nn(-c4ccccc4)c3Cl)cs2)cc1. The summed E-state index contributed by atoms with van der Waals surface area (Å²) in [4.78, 5) is 4.51. The predicted molar refractivity (Wildman–Crippen MR) is 124 cm³/mol. The fourth-order valence-electron chi connectivity index (χ4n) is 3.17. The third-order valence-electron chi connectivity index (χ3n) is 4.74. The highest BCUT2D eigenvalue weighted by atomic mass is 35.5. The van der Waals surface area contributed by atoms with Gasteiger partial charge in [0.05, 0.1) is 35.7 Å². The zero-order valence-electron chi connectivity index (χ0n) is 16.9. The van der Waals surface area contributed by atoms with Crippen molar-refractivity contribution >= 4 is 32.8 Å². The highest BCUT2D eigenvalue weighted by Gasteiger charge is 2.22. The molecule has 2 aromatic heterocycles. The number of hydrogen-bond donors (Lipinski definition) is 0. The van der Waals surface area contributed by atoms with E-state index in [9.17, 15) is 8.42 Å². The highest BCUT2D eigenvalue weighted by Crippen LogP contribution is 2.29. The van der Waals surface area contributed by atoms with E-state index < -0.39 is 9.84 Å². The summed E-state index contributed by atoms with van der Waals surface area (Å²) in [6.45, 7) is 1.76. The Balaban J connectivity index is 1.53. The van der Waals surface area contributed by atoms with Crippen LogP contribution in [0, 0.1) is 6.92 Å². The summed E-state index contributed by atoms with van der Waals surface area (Å²) in [5.74, 6) is 0.401. The first-order valence-electron chi connectivity index (χ1n) is 9.45. The van der Waals surface area contributed by atoms with Crippen LogP contribution in [-0.4, -0.2) is 30.3 Å². The molecule has 0 unspecified atom stereocenters. The Kier molecular flexibility index (Phi) is 6.13. The monoisotopic (exact) mass is 473 g/mol. The minimum Gasteiger partial charge on any atom is -0.497 e. The predicted octanol–water partition coefficient (Wildman–Crippen LogP) is 5.08. The van der Waals surface area contributed by atoms with E-state index in [-0.39, 0.29) is 11.5 Å². The first-order valence-corrected chi connectivity index (χ1v) is 12.5. The number of aryl methyl sites for hydroxylation is 1. The molecule has 0 fully saturated rings. The zero-order chi connectivity index (χ0) is 22.0. The summed E-state index contributed by atoms with van der Waals surface area (Å²) in [6.07, 6.45) is 0. The number of benzene rings is 2. The van der Waals surface area contributed by atoms with Gasteiger partial charge in [-0.25, -0.2) is 18.1 Å². The molecular formula is C22H20ClN3O3S2. The van der Waals surface area contributed by atoms with Gasteiger partial charge in [-0.05, 0) is 43.3 Å². The van der Waals surface area contributed by atoms with E-state index in [1.54, 1.807) is 24.1 Å². The van der Waals surface area contributed by atoms with Gasteiger partial charge >= 0.3 is 0 Å². The maximum absolute atomic E-state index is 12.9. The first kappa shape index (κ1) is 21.5. The van der Waals surface area contributed by atoms with Gasteiger partial charge < -0.3 is 4.74 Å². The molecule has 0 bridgehead atoms. The standard InChI is InChI=1S/C22H20ClN3O3S2/c1-15-20(21(23)26(25-15)18-6-4-3-5-7-18)14-31(27,28)13-17-12-30-22(24-17)16-8-10-19(29-2)11-9-16/h3-12H,13-14H2,1-2H3. The summed E-state index contributed by atoms with van der Waals surface area (Å²) < 4.78 is 32.5. The van der Waals surface area contributed by atoms with Crippen molar-refractivity contribution in [1.82, 2.24) is 14.8 Å². The Morgan fingerprint density at radius 2 is 1.77 bits per heavy atom. The van der Waals surface area contributed by atoms with Crippen LogP contribution in [0.25, 0.3) is 16.3 Å². The number of aromatic nitrogens is 3. The maximum atomic E-state index is 12.9. The molecule has 4 aromatic rings. The summed E-state index contributed by atoms with van der Waals surface area (Å²) in [5, 5.41) is 7.28. The average Bonchev–Trinajstić information content (AvgIpc) is 3.33. The Morgan fingerprint density at radius 1 is 1.06 bits per heavy atom. The molecular weight excluding hydrogens is 454 g/mol. The lowest BCUT2D eigenvalue weighted by Crippen LogP contribution is -2.09. The molecule has 4 rings (SSSR count). The Bertz CT molecular complexity index is 1300. The van der Waals surface area contributed by atoms with Crippen molar-refractivity contribution in [3.05, 3.63) is 82.1 Å². The number of halogens is 1. The molecule has 0 aliphatic heterocycles. The lowest BCUT2D eigenvalue weighted by Gasteiger charge is -2.05. The van der Waals surface area contributed by atoms with Gasteiger partial charge in [0.1, 0.15) is 15.9 Å². The number of ether oxygens (including phenoxy) is 1. The van der Waals surface area contributed by atoms with E-state index in [1.807, 2.05) is 54.6 Å². The average molecular weight is 474 g/mol. The van der Waals surface area contributed by atoms with E-state index in [1.165, 1.54) is 11.3 Å². The fraction of sp³-hybridized carbons (Fsp3) is 0.182. The summed E-state index contributed by atoms with van der Waals surface area (Å²) in [6, 6.07) is 16.9. The molecule has 0 radical (unpaired) electrons. The Hall–Kier alpha value is -2.68.